The fourth-order valence-electron chi connectivity index (χ4n) is 2.63. The molecule has 1 aliphatic heterocycles. The summed E-state index contributed by atoms with van der Waals surface area (Å²) in [5.74, 6) is 0.788. The van der Waals surface area contributed by atoms with Crippen LogP contribution in [0.25, 0.3) is 0 Å². The third-order valence-corrected chi connectivity index (χ3v) is 3.78. The maximum Gasteiger partial charge on any atom is 0.244 e. The highest BCUT2D eigenvalue weighted by molar-refractivity contribution is 5.86. The molecule has 21 heavy (non-hydrogen) atoms. The van der Waals surface area contributed by atoms with Gasteiger partial charge in [-0.25, -0.2) is 0 Å². The van der Waals surface area contributed by atoms with Crippen LogP contribution >= 0.6 is 0 Å². The van der Waals surface area contributed by atoms with Crippen molar-refractivity contribution < 1.29 is 9.53 Å². The summed E-state index contributed by atoms with van der Waals surface area (Å²) in [6.45, 7) is 6.08. The molecule has 5 nitrogen and oxygen atoms in total. The Morgan fingerprint density at radius 3 is 2.76 bits per heavy atom. The summed E-state index contributed by atoms with van der Waals surface area (Å²) in [5, 5.41) is 3.21. The summed E-state index contributed by atoms with van der Waals surface area (Å²) in [4.78, 5) is 14.4. The van der Waals surface area contributed by atoms with E-state index in [1.807, 2.05) is 36.9 Å². The summed E-state index contributed by atoms with van der Waals surface area (Å²) in [5.41, 5.74) is 7.39. The van der Waals surface area contributed by atoms with E-state index in [-0.39, 0.29) is 11.9 Å². The summed E-state index contributed by atoms with van der Waals surface area (Å²) in [7, 11) is 0. The van der Waals surface area contributed by atoms with Gasteiger partial charge in [0.25, 0.3) is 0 Å². The fourth-order valence-corrected chi connectivity index (χ4v) is 2.63. The first-order valence-electron chi connectivity index (χ1n) is 7.70. The number of rotatable bonds is 5. The number of nitrogens with one attached hydrogen (secondary N) is 1. The standard InChI is InChI=1S/C16H25N3O2/c1-3-21-14-9-7-8-13(15(14)17)18-12(2)16(20)19-10-5-4-6-11-19/h7-9,12,18H,3-6,10-11,17H2,1-2H3. The minimum atomic E-state index is -0.290. The van der Waals surface area contributed by atoms with Gasteiger partial charge in [0.1, 0.15) is 11.8 Å². The molecule has 1 aromatic rings. The Labute approximate surface area is 126 Å². The van der Waals surface area contributed by atoms with Crippen LogP contribution in [0.4, 0.5) is 11.4 Å². The Morgan fingerprint density at radius 2 is 2.10 bits per heavy atom. The first kappa shape index (κ1) is 15.5. The number of carbonyl (C=O) groups is 1. The molecule has 1 fully saturated rings. The number of hydrogen-bond acceptors (Lipinski definition) is 4. The molecule has 0 spiro atoms. The van der Waals surface area contributed by atoms with Crippen molar-refractivity contribution in [3.05, 3.63) is 18.2 Å². The van der Waals surface area contributed by atoms with Gasteiger partial charge >= 0.3 is 0 Å². The number of nitrogens with zero attached hydrogens (tertiary/aromatic N) is 1. The van der Waals surface area contributed by atoms with Gasteiger partial charge in [-0.1, -0.05) is 6.07 Å². The number of ether oxygens (including phenoxy) is 1. The van der Waals surface area contributed by atoms with Gasteiger partial charge in [-0.2, -0.15) is 0 Å². The van der Waals surface area contributed by atoms with Crippen LogP contribution in [0.1, 0.15) is 33.1 Å². The van der Waals surface area contributed by atoms with Crippen LogP contribution in [0.5, 0.6) is 5.75 Å². The molecule has 3 N–H and O–H groups in total. The summed E-state index contributed by atoms with van der Waals surface area (Å²) in [6, 6.07) is 5.29. The number of likely N-dealkylation sites (tertiary alicyclic amines) is 1. The Morgan fingerprint density at radius 1 is 1.38 bits per heavy atom. The van der Waals surface area contributed by atoms with Crippen molar-refractivity contribution in [3.63, 3.8) is 0 Å². The van der Waals surface area contributed by atoms with Crippen molar-refractivity contribution in [2.45, 2.75) is 39.2 Å². The molecule has 0 saturated carbocycles. The lowest BCUT2D eigenvalue weighted by atomic mass is 10.1. The molecule has 1 amide bonds. The van der Waals surface area contributed by atoms with Gasteiger partial charge in [0.2, 0.25) is 5.91 Å². The maximum atomic E-state index is 12.4. The average Bonchev–Trinajstić information content (AvgIpc) is 2.51. The van der Waals surface area contributed by atoms with Crippen molar-refractivity contribution in [2.75, 3.05) is 30.7 Å². The topological polar surface area (TPSA) is 67.6 Å². The molecule has 1 unspecified atom stereocenters. The minimum absolute atomic E-state index is 0.135. The number of amides is 1. The second-order valence-electron chi connectivity index (χ2n) is 5.40. The van der Waals surface area contributed by atoms with Crippen molar-refractivity contribution >= 4 is 17.3 Å². The lowest BCUT2D eigenvalue weighted by Gasteiger charge is -2.30. The van der Waals surface area contributed by atoms with E-state index in [9.17, 15) is 4.79 Å². The number of nitrogen functional groups attached to an aromatic ring is 1. The largest absolute Gasteiger partial charge is 0.492 e. The minimum Gasteiger partial charge on any atom is -0.492 e. The number of anilines is 2. The molecule has 1 heterocycles. The van der Waals surface area contributed by atoms with E-state index in [4.69, 9.17) is 10.5 Å². The van der Waals surface area contributed by atoms with Crippen molar-refractivity contribution in [2.24, 2.45) is 0 Å². The van der Waals surface area contributed by atoms with Gasteiger partial charge in [0, 0.05) is 13.1 Å². The average molecular weight is 291 g/mol. The zero-order valence-electron chi connectivity index (χ0n) is 12.9. The van der Waals surface area contributed by atoms with E-state index < -0.39 is 0 Å². The Kier molecular flexibility index (Phi) is 5.31. The highest BCUT2D eigenvalue weighted by Crippen LogP contribution is 2.30. The van der Waals surface area contributed by atoms with Gasteiger partial charge in [-0.05, 0) is 45.2 Å². The Bertz CT molecular complexity index is 484. The number of para-hydroxylation sites is 1. The highest BCUT2D eigenvalue weighted by atomic mass is 16.5. The normalized spacial score (nSPS) is 16.4. The van der Waals surface area contributed by atoms with E-state index in [0.29, 0.717) is 18.0 Å². The molecule has 116 valence electrons. The summed E-state index contributed by atoms with van der Waals surface area (Å²) < 4.78 is 5.48. The van der Waals surface area contributed by atoms with Crippen molar-refractivity contribution in [1.82, 2.24) is 4.90 Å². The highest BCUT2D eigenvalue weighted by Gasteiger charge is 2.22. The first-order chi connectivity index (χ1) is 10.1. The summed E-state index contributed by atoms with van der Waals surface area (Å²) in [6.07, 6.45) is 3.41. The van der Waals surface area contributed by atoms with E-state index in [1.54, 1.807) is 0 Å². The van der Waals surface area contributed by atoms with Gasteiger partial charge in [-0.15, -0.1) is 0 Å². The number of hydrogen-bond donors (Lipinski definition) is 2. The Hall–Kier alpha value is -1.91. The quantitative estimate of drug-likeness (QED) is 0.818. The SMILES string of the molecule is CCOc1cccc(NC(C)C(=O)N2CCCCC2)c1N. The third kappa shape index (κ3) is 3.80. The molecule has 1 aliphatic rings. The van der Waals surface area contributed by atoms with E-state index in [1.165, 1.54) is 6.42 Å². The second kappa shape index (κ2) is 7.20. The van der Waals surface area contributed by atoms with Crippen LogP contribution < -0.4 is 15.8 Å². The zero-order valence-corrected chi connectivity index (χ0v) is 12.9. The molecule has 0 bridgehead atoms. The van der Waals surface area contributed by atoms with Gasteiger partial charge in [0.05, 0.1) is 18.0 Å². The number of carbonyl (C=O) groups excluding carboxylic acids is 1. The van der Waals surface area contributed by atoms with Crippen LogP contribution in [0.15, 0.2) is 18.2 Å². The maximum absolute atomic E-state index is 12.4. The smallest absolute Gasteiger partial charge is 0.244 e. The predicted octanol–water partition coefficient (Wildman–Crippen LogP) is 2.48. The molecule has 0 aliphatic carbocycles. The lowest BCUT2D eigenvalue weighted by molar-refractivity contribution is -0.132. The van der Waals surface area contributed by atoms with Crippen LogP contribution in [0.3, 0.4) is 0 Å². The molecule has 1 saturated heterocycles. The molecular formula is C16H25N3O2. The molecule has 1 aromatic carbocycles. The van der Waals surface area contributed by atoms with Gasteiger partial charge in [0.15, 0.2) is 0 Å². The number of benzene rings is 1. The third-order valence-electron chi connectivity index (χ3n) is 3.78. The number of nitrogens with two attached hydrogens (primary N) is 1. The van der Waals surface area contributed by atoms with Crippen LogP contribution in [0, 0.1) is 0 Å². The molecule has 0 radical (unpaired) electrons. The van der Waals surface area contributed by atoms with Crippen LogP contribution in [-0.2, 0) is 4.79 Å². The lowest BCUT2D eigenvalue weighted by Crippen LogP contribution is -2.43. The first-order valence-corrected chi connectivity index (χ1v) is 7.70. The van der Waals surface area contributed by atoms with Gasteiger partial charge < -0.3 is 20.7 Å². The Balaban J connectivity index is 2.03. The van der Waals surface area contributed by atoms with Gasteiger partial charge in [-0.3, -0.25) is 4.79 Å². The molecule has 2 rings (SSSR count). The van der Waals surface area contributed by atoms with E-state index >= 15 is 0 Å². The monoisotopic (exact) mass is 291 g/mol. The molecule has 5 heteroatoms. The van der Waals surface area contributed by atoms with Crippen molar-refractivity contribution in [3.8, 4) is 5.75 Å². The van der Waals surface area contributed by atoms with Crippen molar-refractivity contribution in [1.29, 1.82) is 0 Å². The van der Waals surface area contributed by atoms with E-state index in [0.717, 1.165) is 31.6 Å². The van der Waals surface area contributed by atoms with Crippen LogP contribution in [-0.4, -0.2) is 36.5 Å². The molecule has 0 aromatic heterocycles. The molecule has 1 atom stereocenters. The summed E-state index contributed by atoms with van der Waals surface area (Å²) >= 11 is 0. The number of piperidine rings is 1. The molecular weight excluding hydrogens is 266 g/mol. The fraction of sp³-hybridized carbons (Fsp3) is 0.562. The second-order valence-corrected chi connectivity index (χ2v) is 5.40. The predicted molar refractivity (Wildman–Crippen MR) is 85.5 cm³/mol. The van der Waals surface area contributed by atoms with Crippen LogP contribution in [0.2, 0.25) is 0 Å². The van der Waals surface area contributed by atoms with E-state index in [2.05, 4.69) is 5.32 Å². The zero-order chi connectivity index (χ0) is 15.2.